The fourth-order valence-corrected chi connectivity index (χ4v) is 4.23. The number of carbonyl (C=O) groups is 2. The van der Waals surface area contributed by atoms with Crippen LogP contribution in [0.3, 0.4) is 0 Å². The van der Waals surface area contributed by atoms with E-state index in [0.717, 1.165) is 10.9 Å². The second-order valence-electron chi connectivity index (χ2n) is 6.93. The van der Waals surface area contributed by atoms with Crippen LogP contribution in [0.2, 0.25) is 5.02 Å². The first-order valence-corrected chi connectivity index (χ1v) is 9.36. The Kier molecular flexibility index (Phi) is 3.77. The molecule has 3 amide bonds. The number of nitrogens with zero attached hydrogens (tertiary/aromatic N) is 2. The molecule has 2 aromatic carbocycles. The van der Waals surface area contributed by atoms with E-state index in [1.807, 2.05) is 30.3 Å². The van der Waals surface area contributed by atoms with Gasteiger partial charge in [-0.1, -0.05) is 35.9 Å². The predicted octanol–water partition coefficient (Wildman–Crippen LogP) is 3.62. The summed E-state index contributed by atoms with van der Waals surface area (Å²) in [5, 5.41) is 4.29. The summed E-state index contributed by atoms with van der Waals surface area (Å²) in [4.78, 5) is 31.8. The molecule has 6 nitrogen and oxygen atoms in total. The number of rotatable bonds is 2. The number of benzene rings is 2. The molecule has 0 bridgehead atoms. The number of ether oxygens (including phenoxy) is 1. The van der Waals surface area contributed by atoms with Gasteiger partial charge in [0.1, 0.15) is 5.75 Å². The van der Waals surface area contributed by atoms with Gasteiger partial charge in [-0.25, -0.2) is 4.79 Å². The molecule has 140 valence electrons. The van der Waals surface area contributed by atoms with E-state index in [1.165, 1.54) is 4.90 Å². The minimum atomic E-state index is -1.08. The molecule has 3 heterocycles. The summed E-state index contributed by atoms with van der Waals surface area (Å²) < 4.78 is 5.67. The summed E-state index contributed by atoms with van der Waals surface area (Å²) in [6, 6.07) is 14.2. The molecule has 5 rings (SSSR count). The van der Waals surface area contributed by atoms with Gasteiger partial charge in [-0.15, -0.1) is 0 Å². The van der Waals surface area contributed by atoms with Crippen LogP contribution in [0.25, 0.3) is 10.9 Å². The number of carbonyl (C=O) groups excluding carboxylic acids is 2. The number of hydrogen-bond donors (Lipinski definition) is 1. The van der Waals surface area contributed by atoms with E-state index in [2.05, 4.69) is 10.3 Å². The zero-order valence-corrected chi connectivity index (χ0v) is 15.6. The Morgan fingerprint density at radius 1 is 1.14 bits per heavy atom. The standard InChI is InChI=1S/C21H16ClN3O3/c22-16-8-7-13(18-14(16)4-3-10-23-18)12-25-19(26)21(24-20(25)27)9-11-28-17-6-2-1-5-15(17)21/h1-8,10H,9,11-12H2,(H,24,27). The Balaban J connectivity index is 1.55. The summed E-state index contributed by atoms with van der Waals surface area (Å²) >= 11 is 6.26. The third-order valence-corrected chi connectivity index (χ3v) is 5.72. The summed E-state index contributed by atoms with van der Waals surface area (Å²) in [5.41, 5.74) is 1.06. The zero-order valence-electron chi connectivity index (χ0n) is 14.8. The lowest BCUT2D eigenvalue weighted by molar-refractivity contribution is -0.133. The van der Waals surface area contributed by atoms with E-state index in [1.54, 1.807) is 24.4 Å². The molecule has 3 aromatic rings. The Morgan fingerprint density at radius 2 is 2.00 bits per heavy atom. The molecule has 2 aliphatic heterocycles. The van der Waals surface area contributed by atoms with E-state index in [-0.39, 0.29) is 12.5 Å². The van der Waals surface area contributed by atoms with Crippen LogP contribution in [0.5, 0.6) is 5.75 Å². The predicted molar refractivity (Wildman–Crippen MR) is 104 cm³/mol. The number of pyridine rings is 1. The van der Waals surface area contributed by atoms with Crippen molar-refractivity contribution < 1.29 is 14.3 Å². The minimum absolute atomic E-state index is 0.125. The molecule has 1 unspecified atom stereocenters. The van der Waals surface area contributed by atoms with Gasteiger partial charge in [0, 0.05) is 28.6 Å². The van der Waals surface area contributed by atoms with Crippen molar-refractivity contribution in [1.29, 1.82) is 0 Å². The third kappa shape index (κ3) is 2.38. The number of para-hydroxylation sites is 1. The molecule has 0 saturated carbocycles. The van der Waals surface area contributed by atoms with E-state index < -0.39 is 11.6 Å². The SMILES string of the molecule is O=C1NC2(CCOc3ccccc32)C(=O)N1Cc1ccc(Cl)c2cccnc12. The average molecular weight is 394 g/mol. The highest BCUT2D eigenvalue weighted by Crippen LogP contribution is 2.41. The number of halogens is 1. The number of imide groups is 1. The highest BCUT2D eigenvalue weighted by atomic mass is 35.5. The first-order valence-electron chi connectivity index (χ1n) is 8.99. The van der Waals surface area contributed by atoms with Crippen LogP contribution in [0.1, 0.15) is 17.5 Å². The summed E-state index contributed by atoms with van der Waals surface area (Å²) in [7, 11) is 0. The maximum Gasteiger partial charge on any atom is 0.325 e. The van der Waals surface area contributed by atoms with Crippen LogP contribution < -0.4 is 10.1 Å². The maximum absolute atomic E-state index is 13.4. The highest BCUT2D eigenvalue weighted by molar-refractivity contribution is 6.35. The van der Waals surface area contributed by atoms with Crippen molar-refractivity contribution >= 4 is 34.4 Å². The number of fused-ring (bicyclic) bond motifs is 3. The monoisotopic (exact) mass is 393 g/mol. The van der Waals surface area contributed by atoms with Crippen molar-refractivity contribution in [2.75, 3.05) is 6.61 Å². The van der Waals surface area contributed by atoms with Crippen molar-refractivity contribution in [3.05, 3.63) is 70.9 Å². The normalized spacial score (nSPS) is 21.0. The van der Waals surface area contributed by atoms with Crippen LogP contribution in [0.4, 0.5) is 4.79 Å². The molecule has 2 aliphatic rings. The van der Waals surface area contributed by atoms with E-state index in [9.17, 15) is 9.59 Å². The summed E-state index contributed by atoms with van der Waals surface area (Å²) in [5.74, 6) is 0.357. The van der Waals surface area contributed by atoms with Gasteiger partial charge in [-0.2, -0.15) is 0 Å². The topological polar surface area (TPSA) is 71.5 Å². The first-order chi connectivity index (χ1) is 13.6. The van der Waals surface area contributed by atoms with Crippen LogP contribution in [-0.4, -0.2) is 28.4 Å². The highest BCUT2D eigenvalue weighted by Gasteiger charge is 2.54. The van der Waals surface area contributed by atoms with Crippen LogP contribution >= 0.6 is 11.6 Å². The summed E-state index contributed by atoms with van der Waals surface area (Å²) in [6.45, 7) is 0.489. The lowest BCUT2D eigenvalue weighted by Crippen LogP contribution is -2.47. The number of hydrogen-bond acceptors (Lipinski definition) is 4. The molecule has 1 aromatic heterocycles. The smallest absolute Gasteiger partial charge is 0.325 e. The largest absolute Gasteiger partial charge is 0.493 e. The van der Waals surface area contributed by atoms with Crippen molar-refractivity contribution in [1.82, 2.24) is 15.2 Å². The van der Waals surface area contributed by atoms with Crippen molar-refractivity contribution in [2.45, 2.75) is 18.5 Å². The number of aromatic nitrogens is 1. The Bertz CT molecular complexity index is 1130. The van der Waals surface area contributed by atoms with Crippen molar-refractivity contribution in [3.8, 4) is 5.75 Å². The lowest BCUT2D eigenvalue weighted by Gasteiger charge is -2.33. The maximum atomic E-state index is 13.4. The van der Waals surface area contributed by atoms with Crippen molar-refractivity contribution in [3.63, 3.8) is 0 Å². The van der Waals surface area contributed by atoms with Gasteiger partial charge in [0.15, 0.2) is 5.54 Å². The second-order valence-corrected chi connectivity index (χ2v) is 7.33. The van der Waals surface area contributed by atoms with Gasteiger partial charge >= 0.3 is 6.03 Å². The molecule has 28 heavy (non-hydrogen) atoms. The molecule has 7 heteroatoms. The fraction of sp³-hybridized carbons (Fsp3) is 0.190. The number of nitrogens with one attached hydrogen (secondary N) is 1. The molecule has 0 radical (unpaired) electrons. The summed E-state index contributed by atoms with van der Waals surface area (Å²) in [6.07, 6.45) is 2.06. The number of urea groups is 1. The lowest BCUT2D eigenvalue weighted by atomic mass is 9.84. The van der Waals surface area contributed by atoms with E-state index >= 15 is 0 Å². The molecule has 1 fully saturated rings. The van der Waals surface area contributed by atoms with Crippen LogP contribution in [0, 0.1) is 0 Å². The van der Waals surface area contributed by atoms with Gasteiger partial charge < -0.3 is 10.1 Å². The second kappa shape index (κ2) is 6.21. The molecule has 1 spiro atoms. The van der Waals surface area contributed by atoms with E-state index in [0.29, 0.717) is 34.9 Å². The van der Waals surface area contributed by atoms with Crippen molar-refractivity contribution in [2.24, 2.45) is 0 Å². The van der Waals surface area contributed by atoms with E-state index in [4.69, 9.17) is 16.3 Å². The molecular weight excluding hydrogens is 378 g/mol. The molecule has 1 saturated heterocycles. The Morgan fingerprint density at radius 3 is 2.89 bits per heavy atom. The Labute approximate surface area is 166 Å². The third-order valence-electron chi connectivity index (χ3n) is 5.39. The van der Waals surface area contributed by atoms with Gasteiger partial charge in [-0.3, -0.25) is 14.7 Å². The minimum Gasteiger partial charge on any atom is -0.493 e. The van der Waals surface area contributed by atoms with Gasteiger partial charge in [0.2, 0.25) is 0 Å². The average Bonchev–Trinajstić information content (AvgIpc) is 2.95. The van der Waals surface area contributed by atoms with Crippen LogP contribution in [0.15, 0.2) is 54.7 Å². The molecular formula is C21H16ClN3O3. The van der Waals surface area contributed by atoms with Crippen LogP contribution in [-0.2, 0) is 16.9 Å². The first kappa shape index (κ1) is 17.0. The number of amides is 3. The zero-order chi connectivity index (χ0) is 19.3. The van der Waals surface area contributed by atoms with Gasteiger partial charge in [0.05, 0.1) is 18.7 Å². The molecule has 1 N–H and O–H groups in total. The quantitative estimate of drug-likeness (QED) is 0.675. The molecule has 0 aliphatic carbocycles. The fourth-order valence-electron chi connectivity index (χ4n) is 4.01. The Hall–Kier alpha value is -3.12. The van der Waals surface area contributed by atoms with Gasteiger partial charge in [0.25, 0.3) is 5.91 Å². The molecule has 1 atom stereocenters. The van der Waals surface area contributed by atoms with Gasteiger partial charge in [-0.05, 0) is 29.8 Å².